The van der Waals surface area contributed by atoms with Crippen LogP contribution in [-0.2, 0) is 0 Å². The van der Waals surface area contributed by atoms with E-state index in [4.69, 9.17) is 14.2 Å². The average molecular weight is 303 g/mol. The van der Waals surface area contributed by atoms with Crippen molar-refractivity contribution in [3.63, 3.8) is 0 Å². The third-order valence-electron chi connectivity index (χ3n) is 4.21. The highest BCUT2D eigenvalue weighted by atomic mass is 16.5. The minimum atomic E-state index is 0.369. The molecule has 1 aromatic carbocycles. The molecule has 1 N–H and O–H groups in total. The summed E-state index contributed by atoms with van der Waals surface area (Å²) < 4.78 is 16.6. The minimum absolute atomic E-state index is 0.369. The predicted molar refractivity (Wildman–Crippen MR) is 84.0 cm³/mol. The van der Waals surface area contributed by atoms with E-state index in [2.05, 4.69) is 15.3 Å². The van der Waals surface area contributed by atoms with Crippen LogP contribution in [0.25, 0.3) is 10.9 Å². The molecule has 6 heteroatoms. The monoisotopic (exact) mass is 303 g/mol. The first kappa shape index (κ1) is 14.8. The molecule has 0 saturated carbocycles. The quantitative estimate of drug-likeness (QED) is 0.933. The van der Waals surface area contributed by atoms with Crippen LogP contribution < -0.4 is 19.5 Å². The zero-order valence-electron chi connectivity index (χ0n) is 13.2. The molecule has 1 fully saturated rings. The third kappa shape index (κ3) is 2.43. The van der Waals surface area contributed by atoms with Crippen LogP contribution >= 0.6 is 0 Å². The topological polar surface area (TPSA) is 65.5 Å². The molecule has 0 spiro atoms. The molecule has 2 heterocycles. The molecule has 6 nitrogen and oxygen atoms in total. The second-order valence-corrected chi connectivity index (χ2v) is 5.33. The molecule has 0 amide bonds. The van der Waals surface area contributed by atoms with Crippen molar-refractivity contribution in [1.82, 2.24) is 15.3 Å². The Morgan fingerprint density at radius 2 is 1.82 bits per heavy atom. The van der Waals surface area contributed by atoms with Gasteiger partial charge in [0.05, 0.1) is 32.2 Å². The molecule has 1 saturated heterocycles. The molecule has 1 aliphatic heterocycles. The second kappa shape index (κ2) is 6.36. The van der Waals surface area contributed by atoms with Gasteiger partial charge in [-0.2, -0.15) is 0 Å². The zero-order valence-corrected chi connectivity index (χ0v) is 13.2. The number of hydrogen-bond acceptors (Lipinski definition) is 6. The van der Waals surface area contributed by atoms with Gasteiger partial charge in [0.1, 0.15) is 6.33 Å². The standard InChI is InChI=1S/C16H21N3O3/c1-20-12-8-11-14(16(22-3)19-9-18-11)13(15(12)21-2)10-4-6-17-7-5-10/h8-10,17H,4-7H2,1-3H3. The molecule has 2 aromatic rings. The highest BCUT2D eigenvalue weighted by Gasteiger charge is 2.27. The summed E-state index contributed by atoms with van der Waals surface area (Å²) in [7, 11) is 4.95. The fraction of sp³-hybridized carbons (Fsp3) is 0.500. The Morgan fingerprint density at radius 3 is 2.45 bits per heavy atom. The number of aromatic nitrogens is 2. The van der Waals surface area contributed by atoms with Crippen LogP contribution in [0.1, 0.15) is 24.3 Å². The predicted octanol–water partition coefficient (Wildman–Crippen LogP) is 2.12. The number of nitrogens with zero attached hydrogens (tertiary/aromatic N) is 2. The lowest BCUT2D eigenvalue weighted by Gasteiger charge is -2.27. The molecule has 0 atom stereocenters. The summed E-state index contributed by atoms with van der Waals surface area (Å²) in [5, 5.41) is 4.32. The molecule has 0 radical (unpaired) electrons. The van der Waals surface area contributed by atoms with Crippen molar-refractivity contribution in [3.8, 4) is 17.4 Å². The van der Waals surface area contributed by atoms with Crippen molar-refractivity contribution >= 4 is 10.9 Å². The maximum absolute atomic E-state index is 5.67. The van der Waals surface area contributed by atoms with Crippen LogP contribution in [0, 0.1) is 0 Å². The molecule has 0 unspecified atom stereocenters. The fourth-order valence-electron chi connectivity index (χ4n) is 3.20. The highest BCUT2D eigenvalue weighted by Crippen LogP contribution is 2.45. The Hall–Kier alpha value is -2.08. The number of piperidine rings is 1. The van der Waals surface area contributed by atoms with Gasteiger partial charge in [-0.05, 0) is 31.8 Å². The van der Waals surface area contributed by atoms with E-state index in [0.717, 1.165) is 48.1 Å². The summed E-state index contributed by atoms with van der Waals surface area (Å²) in [5.74, 6) is 2.41. The average Bonchev–Trinajstić information content (AvgIpc) is 2.59. The van der Waals surface area contributed by atoms with Gasteiger partial charge in [0.15, 0.2) is 11.5 Å². The molecule has 0 aliphatic carbocycles. The van der Waals surface area contributed by atoms with Gasteiger partial charge in [0.2, 0.25) is 5.88 Å². The number of fused-ring (bicyclic) bond motifs is 1. The maximum Gasteiger partial charge on any atom is 0.224 e. The fourth-order valence-corrected chi connectivity index (χ4v) is 3.20. The van der Waals surface area contributed by atoms with E-state index < -0.39 is 0 Å². The minimum Gasteiger partial charge on any atom is -0.493 e. The van der Waals surface area contributed by atoms with E-state index in [0.29, 0.717) is 17.5 Å². The van der Waals surface area contributed by atoms with Gasteiger partial charge in [-0.15, -0.1) is 0 Å². The lowest BCUT2D eigenvalue weighted by molar-refractivity contribution is 0.345. The molecule has 1 aliphatic rings. The van der Waals surface area contributed by atoms with Crippen LogP contribution in [0.2, 0.25) is 0 Å². The van der Waals surface area contributed by atoms with Crippen LogP contribution in [0.15, 0.2) is 12.4 Å². The summed E-state index contributed by atoms with van der Waals surface area (Å²) >= 11 is 0. The zero-order chi connectivity index (χ0) is 15.5. The molecule has 0 bridgehead atoms. The molecule has 3 rings (SSSR count). The summed E-state index contributed by atoms with van der Waals surface area (Å²) in [5.41, 5.74) is 1.91. The van der Waals surface area contributed by atoms with E-state index >= 15 is 0 Å². The van der Waals surface area contributed by atoms with E-state index in [9.17, 15) is 0 Å². The van der Waals surface area contributed by atoms with Crippen molar-refractivity contribution in [3.05, 3.63) is 18.0 Å². The number of ether oxygens (including phenoxy) is 3. The van der Waals surface area contributed by atoms with Crippen molar-refractivity contribution in [2.45, 2.75) is 18.8 Å². The number of nitrogens with one attached hydrogen (secondary N) is 1. The first-order chi connectivity index (χ1) is 10.8. The van der Waals surface area contributed by atoms with Crippen molar-refractivity contribution < 1.29 is 14.2 Å². The van der Waals surface area contributed by atoms with Crippen LogP contribution in [0.4, 0.5) is 0 Å². The summed E-state index contributed by atoms with van der Waals surface area (Å²) in [6, 6.07) is 1.88. The van der Waals surface area contributed by atoms with Crippen LogP contribution in [0.3, 0.4) is 0 Å². The summed E-state index contributed by atoms with van der Waals surface area (Å²) in [6.07, 6.45) is 3.59. The lowest BCUT2D eigenvalue weighted by atomic mass is 9.87. The van der Waals surface area contributed by atoms with E-state index in [1.54, 1.807) is 21.3 Å². The molecular weight excluding hydrogens is 282 g/mol. The van der Waals surface area contributed by atoms with E-state index in [1.165, 1.54) is 6.33 Å². The maximum atomic E-state index is 5.67. The van der Waals surface area contributed by atoms with Crippen molar-refractivity contribution in [1.29, 1.82) is 0 Å². The normalized spacial score (nSPS) is 15.8. The van der Waals surface area contributed by atoms with E-state index in [-0.39, 0.29) is 0 Å². The SMILES string of the molecule is COc1cc2ncnc(OC)c2c(C2CCNCC2)c1OC. The molecular formula is C16H21N3O3. The van der Waals surface area contributed by atoms with Gasteiger partial charge in [0.25, 0.3) is 0 Å². The third-order valence-corrected chi connectivity index (χ3v) is 4.21. The van der Waals surface area contributed by atoms with Gasteiger partial charge in [-0.25, -0.2) is 9.97 Å². The first-order valence-corrected chi connectivity index (χ1v) is 7.44. The van der Waals surface area contributed by atoms with Gasteiger partial charge in [-0.3, -0.25) is 0 Å². The molecule has 118 valence electrons. The summed E-state index contributed by atoms with van der Waals surface area (Å²) in [4.78, 5) is 8.65. The van der Waals surface area contributed by atoms with E-state index in [1.807, 2.05) is 6.07 Å². The Kier molecular flexibility index (Phi) is 4.29. The number of methoxy groups -OCH3 is 3. The Balaban J connectivity index is 2.31. The smallest absolute Gasteiger partial charge is 0.224 e. The largest absolute Gasteiger partial charge is 0.493 e. The van der Waals surface area contributed by atoms with Crippen molar-refractivity contribution in [2.75, 3.05) is 34.4 Å². The number of benzene rings is 1. The van der Waals surface area contributed by atoms with Crippen LogP contribution in [-0.4, -0.2) is 44.4 Å². The first-order valence-electron chi connectivity index (χ1n) is 7.44. The molecule has 1 aromatic heterocycles. The Labute approximate surface area is 129 Å². The van der Waals surface area contributed by atoms with Gasteiger partial charge in [0, 0.05) is 11.6 Å². The highest BCUT2D eigenvalue weighted by molar-refractivity contribution is 5.91. The second-order valence-electron chi connectivity index (χ2n) is 5.33. The number of rotatable bonds is 4. The Bertz CT molecular complexity index is 669. The van der Waals surface area contributed by atoms with Gasteiger partial charge >= 0.3 is 0 Å². The van der Waals surface area contributed by atoms with Gasteiger partial charge < -0.3 is 19.5 Å². The number of hydrogen-bond donors (Lipinski definition) is 1. The summed E-state index contributed by atoms with van der Waals surface area (Å²) in [6.45, 7) is 1.98. The molecule has 22 heavy (non-hydrogen) atoms. The van der Waals surface area contributed by atoms with Gasteiger partial charge in [-0.1, -0.05) is 0 Å². The van der Waals surface area contributed by atoms with Crippen molar-refractivity contribution in [2.24, 2.45) is 0 Å². The van der Waals surface area contributed by atoms with Crippen LogP contribution in [0.5, 0.6) is 17.4 Å². The Morgan fingerprint density at radius 1 is 1.05 bits per heavy atom. The lowest BCUT2D eigenvalue weighted by Crippen LogP contribution is -2.27.